The van der Waals surface area contributed by atoms with Crippen molar-refractivity contribution < 1.29 is 8.42 Å². The van der Waals surface area contributed by atoms with E-state index in [9.17, 15) is 8.42 Å². The van der Waals surface area contributed by atoms with E-state index in [1.165, 1.54) is 11.3 Å². The lowest BCUT2D eigenvalue weighted by atomic mass is 10.3. The Hall–Kier alpha value is -0.430. The van der Waals surface area contributed by atoms with Gasteiger partial charge in [-0.3, -0.25) is 0 Å². The summed E-state index contributed by atoms with van der Waals surface area (Å²) in [5, 5.41) is 5.06. The Morgan fingerprint density at radius 2 is 2.05 bits per heavy atom. The van der Waals surface area contributed by atoms with E-state index < -0.39 is 10.0 Å². The van der Waals surface area contributed by atoms with Gasteiger partial charge in [0.25, 0.3) is 0 Å². The molecule has 1 aromatic rings. The molecule has 0 fully saturated rings. The van der Waals surface area contributed by atoms with Gasteiger partial charge in [0.15, 0.2) is 0 Å². The van der Waals surface area contributed by atoms with Gasteiger partial charge in [-0.05, 0) is 12.5 Å². The SMILES string of the molecule is CCCCN(CC)S(=O)(=O)c1csc(CNC(C)C)c1. The zero-order valence-electron chi connectivity index (χ0n) is 12.8. The molecule has 0 saturated carbocycles. The van der Waals surface area contributed by atoms with E-state index in [0.29, 0.717) is 24.0 Å². The minimum Gasteiger partial charge on any atom is -0.310 e. The summed E-state index contributed by atoms with van der Waals surface area (Å²) >= 11 is 1.50. The van der Waals surface area contributed by atoms with Crippen molar-refractivity contribution in [2.45, 2.75) is 58.0 Å². The van der Waals surface area contributed by atoms with E-state index in [2.05, 4.69) is 26.1 Å². The van der Waals surface area contributed by atoms with E-state index in [1.54, 1.807) is 15.8 Å². The second-order valence-corrected chi connectivity index (χ2v) is 8.07. The molecule has 0 aliphatic rings. The molecule has 1 heterocycles. The molecule has 0 spiro atoms. The van der Waals surface area contributed by atoms with Gasteiger partial charge >= 0.3 is 0 Å². The van der Waals surface area contributed by atoms with Gasteiger partial charge in [-0.15, -0.1) is 11.3 Å². The highest BCUT2D eigenvalue weighted by molar-refractivity contribution is 7.89. The molecule has 0 aromatic carbocycles. The Morgan fingerprint density at radius 1 is 1.35 bits per heavy atom. The second kappa shape index (κ2) is 8.12. The number of thiophene rings is 1. The quantitative estimate of drug-likeness (QED) is 0.761. The molecule has 1 N–H and O–H groups in total. The van der Waals surface area contributed by atoms with Gasteiger partial charge in [-0.1, -0.05) is 34.1 Å². The lowest BCUT2D eigenvalue weighted by Crippen LogP contribution is -2.31. The number of unbranched alkanes of at least 4 members (excludes halogenated alkanes) is 1. The fourth-order valence-corrected chi connectivity index (χ4v) is 4.53. The fraction of sp³-hybridized carbons (Fsp3) is 0.714. The molecule has 0 bridgehead atoms. The number of hydrogen-bond acceptors (Lipinski definition) is 4. The van der Waals surface area contributed by atoms with E-state index in [4.69, 9.17) is 0 Å². The van der Waals surface area contributed by atoms with Crippen molar-refractivity contribution in [2.75, 3.05) is 13.1 Å². The van der Waals surface area contributed by atoms with E-state index in [-0.39, 0.29) is 0 Å². The van der Waals surface area contributed by atoms with Crippen LogP contribution in [0.3, 0.4) is 0 Å². The fourth-order valence-electron chi connectivity index (χ4n) is 1.82. The predicted molar refractivity (Wildman–Crippen MR) is 85.6 cm³/mol. The average Bonchev–Trinajstić information content (AvgIpc) is 2.86. The molecular formula is C14H26N2O2S2. The summed E-state index contributed by atoms with van der Waals surface area (Å²) in [7, 11) is -3.33. The number of hydrogen-bond donors (Lipinski definition) is 1. The van der Waals surface area contributed by atoms with Crippen molar-refractivity contribution in [1.29, 1.82) is 0 Å². The molecule has 0 saturated heterocycles. The zero-order chi connectivity index (χ0) is 15.2. The topological polar surface area (TPSA) is 49.4 Å². The van der Waals surface area contributed by atoms with Crippen LogP contribution in [0.5, 0.6) is 0 Å². The summed E-state index contributed by atoms with van der Waals surface area (Å²) in [4.78, 5) is 1.49. The van der Waals surface area contributed by atoms with Crippen molar-refractivity contribution in [3.05, 3.63) is 16.3 Å². The van der Waals surface area contributed by atoms with Crippen molar-refractivity contribution >= 4 is 21.4 Å². The van der Waals surface area contributed by atoms with E-state index >= 15 is 0 Å². The maximum absolute atomic E-state index is 12.5. The normalized spacial score (nSPS) is 12.5. The Morgan fingerprint density at radius 3 is 2.60 bits per heavy atom. The van der Waals surface area contributed by atoms with Crippen LogP contribution in [0.25, 0.3) is 0 Å². The van der Waals surface area contributed by atoms with Gasteiger partial charge in [0, 0.05) is 35.9 Å². The standard InChI is InChI=1S/C14H26N2O2S2/c1-5-7-8-16(6-2)20(17,18)14-9-13(19-11-14)10-15-12(3)4/h9,11-12,15H,5-8,10H2,1-4H3. The molecule has 4 nitrogen and oxygen atoms in total. The third-order valence-corrected chi connectivity index (χ3v) is 6.10. The third-order valence-electron chi connectivity index (χ3n) is 3.07. The minimum atomic E-state index is -3.33. The first-order chi connectivity index (χ1) is 9.41. The van der Waals surface area contributed by atoms with Gasteiger partial charge in [-0.25, -0.2) is 8.42 Å². The molecule has 20 heavy (non-hydrogen) atoms. The molecule has 0 amide bonds. The van der Waals surface area contributed by atoms with Crippen LogP contribution in [0.15, 0.2) is 16.3 Å². The van der Waals surface area contributed by atoms with Gasteiger partial charge in [0.05, 0.1) is 4.90 Å². The molecule has 0 atom stereocenters. The first-order valence-electron chi connectivity index (χ1n) is 7.22. The molecule has 116 valence electrons. The molecule has 0 aliphatic carbocycles. The first-order valence-corrected chi connectivity index (χ1v) is 9.54. The van der Waals surface area contributed by atoms with Gasteiger partial charge in [-0.2, -0.15) is 4.31 Å². The Bertz CT molecular complexity index is 495. The van der Waals surface area contributed by atoms with Crippen LogP contribution >= 0.6 is 11.3 Å². The molecule has 1 aromatic heterocycles. The highest BCUT2D eigenvalue weighted by atomic mass is 32.2. The number of sulfonamides is 1. The third kappa shape index (κ3) is 4.84. The van der Waals surface area contributed by atoms with Crippen LogP contribution in [-0.4, -0.2) is 31.9 Å². The average molecular weight is 319 g/mol. The van der Waals surface area contributed by atoms with Gasteiger partial charge in [0.2, 0.25) is 10.0 Å². The van der Waals surface area contributed by atoms with Crippen LogP contribution in [0.4, 0.5) is 0 Å². The van der Waals surface area contributed by atoms with E-state index in [1.807, 2.05) is 6.92 Å². The zero-order valence-corrected chi connectivity index (χ0v) is 14.5. The van der Waals surface area contributed by atoms with Crippen molar-refractivity contribution in [3.63, 3.8) is 0 Å². The van der Waals surface area contributed by atoms with Gasteiger partial charge in [0.1, 0.15) is 0 Å². The first kappa shape index (κ1) is 17.6. The van der Waals surface area contributed by atoms with Crippen molar-refractivity contribution in [2.24, 2.45) is 0 Å². The summed E-state index contributed by atoms with van der Waals surface area (Å²) < 4.78 is 26.6. The van der Waals surface area contributed by atoms with Crippen LogP contribution in [0.2, 0.25) is 0 Å². The van der Waals surface area contributed by atoms with Crippen molar-refractivity contribution in [1.82, 2.24) is 9.62 Å². The maximum atomic E-state index is 12.5. The number of nitrogens with zero attached hydrogens (tertiary/aromatic N) is 1. The highest BCUT2D eigenvalue weighted by Crippen LogP contribution is 2.23. The Labute approximate surface area is 127 Å². The molecular weight excluding hydrogens is 292 g/mol. The maximum Gasteiger partial charge on any atom is 0.243 e. The van der Waals surface area contributed by atoms with Crippen LogP contribution in [-0.2, 0) is 16.6 Å². The van der Waals surface area contributed by atoms with E-state index in [0.717, 1.165) is 24.3 Å². The summed E-state index contributed by atoms with van der Waals surface area (Å²) in [6, 6.07) is 2.19. The highest BCUT2D eigenvalue weighted by Gasteiger charge is 2.23. The van der Waals surface area contributed by atoms with Crippen LogP contribution < -0.4 is 5.32 Å². The summed E-state index contributed by atoms with van der Waals surface area (Å²) in [5.74, 6) is 0. The lowest BCUT2D eigenvalue weighted by molar-refractivity contribution is 0.419. The monoisotopic (exact) mass is 318 g/mol. The summed E-state index contributed by atoms with van der Waals surface area (Å²) in [6.07, 6.45) is 1.90. The molecule has 0 aliphatic heterocycles. The Kier molecular flexibility index (Phi) is 7.15. The van der Waals surface area contributed by atoms with Gasteiger partial charge < -0.3 is 5.32 Å². The summed E-state index contributed by atoms with van der Waals surface area (Å²) in [6.45, 7) is 9.96. The molecule has 0 radical (unpaired) electrons. The number of nitrogens with one attached hydrogen (secondary N) is 1. The predicted octanol–water partition coefficient (Wildman–Crippen LogP) is 3.06. The number of rotatable bonds is 9. The smallest absolute Gasteiger partial charge is 0.243 e. The minimum absolute atomic E-state index is 0.397. The lowest BCUT2D eigenvalue weighted by Gasteiger charge is -2.19. The molecule has 0 unspecified atom stereocenters. The summed E-state index contributed by atoms with van der Waals surface area (Å²) in [5.41, 5.74) is 0. The Balaban J connectivity index is 2.81. The second-order valence-electron chi connectivity index (χ2n) is 5.13. The molecule has 6 heteroatoms. The largest absolute Gasteiger partial charge is 0.310 e. The van der Waals surface area contributed by atoms with Crippen molar-refractivity contribution in [3.8, 4) is 0 Å². The molecule has 1 rings (SSSR count). The van der Waals surface area contributed by atoms with Crippen LogP contribution in [0, 0.1) is 0 Å². The van der Waals surface area contributed by atoms with Crippen LogP contribution in [0.1, 0.15) is 45.4 Å².